The van der Waals surface area contributed by atoms with Gasteiger partial charge in [-0.05, 0) is 18.0 Å². The van der Waals surface area contributed by atoms with Crippen molar-refractivity contribution in [1.29, 1.82) is 0 Å². The first-order valence-corrected chi connectivity index (χ1v) is 10.0. The fourth-order valence-electron chi connectivity index (χ4n) is 1.14. The average molecular weight is 284 g/mol. The highest BCUT2D eigenvalue weighted by Gasteiger charge is 2.23. The van der Waals surface area contributed by atoms with Gasteiger partial charge >= 0.3 is 6.00 Å². The normalized spacial score (nSPS) is 11.7. The third-order valence-corrected chi connectivity index (χ3v) is 4.48. The summed E-state index contributed by atoms with van der Waals surface area (Å²) in [6.07, 6.45) is 0.815. The van der Waals surface area contributed by atoms with Crippen LogP contribution in [0.5, 0.6) is 0 Å². The van der Waals surface area contributed by atoms with E-state index in [1.54, 1.807) is 0 Å². The largest absolute Gasteiger partial charge is 0.377 e. The molecular formula is C10H13Cl3OSi. The Morgan fingerprint density at radius 2 is 1.73 bits per heavy atom. The van der Waals surface area contributed by atoms with Gasteiger partial charge in [0.1, 0.15) is 0 Å². The third-order valence-electron chi connectivity index (χ3n) is 1.86. The highest BCUT2D eigenvalue weighted by molar-refractivity contribution is 7.64. The molecule has 0 aromatic heterocycles. The lowest BCUT2D eigenvalue weighted by molar-refractivity contribution is 0.121. The van der Waals surface area contributed by atoms with E-state index in [0.717, 1.165) is 6.42 Å². The molecule has 0 heterocycles. The summed E-state index contributed by atoms with van der Waals surface area (Å²) in [4.78, 5) is 0. The van der Waals surface area contributed by atoms with E-state index in [9.17, 15) is 0 Å². The smallest absolute Gasteiger partial charge is 0.341 e. The molecular weight excluding hydrogens is 271 g/mol. The summed E-state index contributed by atoms with van der Waals surface area (Å²) in [6, 6.07) is 8.24. The second-order valence-corrected chi connectivity index (χ2v) is 12.5. The Labute approximate surface area is 105 Å². The van der Waals surface area contributed by atoms with Gasteiger partial charge in [0.15, 0.2) is 0 Å². The van der Waals surface area contributed by atoms with Gasteiger partial charge in [-0.1, -0.05) is 30.3 Å². The first-order valence-electron chi connectivity index (χ1n) is 4.76. The fourth-order valence-corrected chi connectivity index (χ4v) is 2.89. The Kier molecular flexibility index (Phi) is 6.01. The zero-order valence-corrected chi connectivity index (χ0v) is 11.5. The van der Waals surface area contributed by atoms with Crippen LogP contribution in [0.3, 0.4) is 0 Å². The predicted octanol–water partition coefficient (Wildman–Crippen LogP) is 4.25. The monoisotopic (exact) mass is 282 g/mol. The van der Waals surface area contributed by atoms with Gasteiger partial charge in [-0.15, -0.1) is 33.2 Å². The third kappa shape index (κ3) is 7.20. The maximum atomic E-state index is 5.74. The number of rotatable bonds is 6. The second-order valence-electron chi connectivity index (χ2n) is 3.26. The molecule has 84 valence electrons. The summed E-state index contributed by atoms with van der Waals surface area (Å²) in [5.74, 6) is 0. The van der Waals surface area contributed by atoms with Crippen LogP contribution in [0.25, 0.3) is 0 Å². The van der Waals surface area contributed by atoms with Crippen molar-refractivity contribution in [3.63, 3.8) is 0 Å². The van der Waals surface area contributed by atoms with Crippen LogP contribution in [0.1, 0.15) is 12.0 Å². The van der Waals surface area contributed by atoms with Crippen molar-refractivity contribution in [3.8, 4) is 0 Å². The van der Waals surface area contributed by atoms with E-state index in [0.29, 0.717) is 19.3 Å². The highest BCUT2D eigenvalue weighted by atomic mass is 35.8. The van der Waals surface area contributed by atoms with Gasteiger partial charge in [-0.25, -0.2) is 0 Å². The van der Waals surface area contributed by atoms with Crippen molar-refractivity contribution in [2.45, 2.75) is 19.1 Å². The Bertz CT molecular complexity index is 274. The van der Waals surface area contributed by atoms with Crippen LogP contribution in [0.4, 0.5) is 0 Å². The molecule has 5 heteroatoms. The summed E-state index contributed by atoms with van der Waals surface area (Å²) < 4.78 is 5.46. The number of benzene rings is 1. The van der Waals surface area contributed by atoms with Crippen molar-refractivity contribution >= 4 is 39.2 Å². The molecule has 0 aliphatic rings. The van der Waals surface area contributed by atoms with Gasteiger partial charge in [0.05, 0.1) is 6.61 Å². The van der Waals surface area contributed by atoms with Gasteiger partial charge < -0.3 is 4.74 Å². The van der Waals surface area contributed by atoms with Gasteiger partial charge in [0, 0.05) is 6.61 Å². The Hall–Kier alpha value is 0.267. The lowest BCUT2D eigenvalue weighted by atomic mass is 10.2. The van der Waals surface area contributed by atoms with Crippen molar-refractivity contribution < 1.29 is 4.74 Å². The minimum Gasteiger partial charge on any atom is -0.377 e. The molecule has 0 saturated carbocycles. The molecule has 1 aromatic rings. The quantitative estimate of drug-likeness (QED) is 0.431. The number of hydrogen-bond donors (Lipinski definition) is 0. The molecule has 0 bridgehead atoms. The van der Waals surface area contributed by atoms with Gasteiger partial charge in [0.25, 0.3) is 0 Å². The van der Waals surface area contributed by atoms with Crippen LogP contribution in [0.2, 0.25) is 6.04 Å². The van der Waals surface area contributed by atoms with Crippen LogP contribution in [-0.4, -0.2) is 12.6 Å². The molecule has 0 atom stereocenters. The van der Waals surface area contributed by atoms with E-state index in [-0.39, 0.29) is 0 Å². The van der Waals surface area contributed by atoms with E-state index in [4.69, 9.17) is 38.0 Å². The van der Waals surface area contributed by atoms with E-state index < -0.39 is 6.00 Å². The highest BCUT2D eigenvalue weighted by Crippen LogP contribution is 2.26. The van der Waals surface area contributed by atoms with E-state index in [2.05, 4.69) is 0 Å². The molecule has 0 fully saturated rings. The molecule has 0 N–H and O–H groups in total. The standard InChI is InChI=1S/C10H13Cl3OSi/c11-15(12,13)8-4-7-14-9-10-5-2-1-3-6-10/h1-3,5-6H,4,7-9H2. The molecule has 0 aliphatic carbocycles. The molecule has 0 saturated heterocycles. The molecule has 0 spiro atoms. The summed E-state index contributed by atoms with van der Waals surface area (Å²) in [5, 5.41) is 0. The van der Waals surface area contributed by atoms with Crippen LogP contribution in [-0.2, 0) is 11.3 Å². The number of ether oxygens (including phenoxy) is 1. The number of halogens is 3. The zero-order valence-electron chi connectivity index (χ0n) is 8.26. The molecule has 1 aromatic carbocycles. The van der Waals surface area contributed by atoms with Gasteiger partial charge in [-0.3, -0.25) is 0 Å². The molecule has 0 aliphatic heterocycles. The minimum absolute atomic E-state index is 0.627. The summed E-state index contributed by atoms with van der Waals surface area (Å²) >= 11 is 17.2. The molecule has 15 heavy (non-hydrogen) atoms. The lowest BCUT2D eigenvalue weighted by Gasteiger charge is -2.07. The van der Waals surface area contributed by atoms with Crippen LogP contribution < -0.4 is 0 Å². The van der Waals surface area contributed by atoms with Crippen molar-refractivity contribution in [1.82, 2.24) is 0 Å². The Balaban J connectivity index is 2.08. The zero-order chi connectivity index (χ0) is 11.1. The van der Waals surface area contributed by atoms with Crippen LogP contribution in [0.15, 0.2) is 30.3 Å². The molecule has 1 nitrogen and oxygen atoms in total. The molecule has 0 radical (unpaired) electrons. The predicted molar refractivity (Wildman–Crippen MR) is 68.8 cm³/mol. The SMILES string of the molecule is Cl[Si](Cl)(Cl)CCCOCc1ccccc1. The van der Waals surface area contributed by atoms with Gasteiger partial charge in [-0.2, -0.15) is 0 Å². The van der Waals surface area contributed by atoms with E-state index in [1.165, 1.54) is 5.56 Å². The maximum Gasteiger partial charge on any atom is 0.341 e. The number of hydrogen-bond acceptors (Lipinski definition) is 1. The Morgan fingerprint density at radius 1 is 1.07 bits per heavy atom. The lowest BCUT2D eigenvalue weighted by Crippen LogP contribution is -2.09. The first-order chi connectivity index (χ1) is 7.08. The van der Waals surface area contributed by atoms with E-state index in [1.807, 2.05) is 30.3 Å². The second kappa shape index (κ2) is 6.76. The van der Waals surface area contributed by atoms with Gasteiger partial charge in [0.2, 0.25) is 0 Å². The summed E-state index contributed by atoms with van der Waals surface area (Å²) in [5.41, 5.74) is 1.17. The average Bonchev–Trinajstić information content (AvgIpc) is 2.17. The summed E-state index contributed by atoms with van der Waals surface area (Å²) in [6.45, 7) is 1.28. The first kappa shape index (κ1) is 13.3. The van der Waals surface area contributed by atoms with E-state index >= 15 is 0 Å². The summed E-state index contributed by atoms with van der Waals surface area (Å²) in [7, 11) is 0. The topological polar surface area (TPSA) is 9.23 Å². The fraction of sp³-hybridized carbons (Fsp3) is 0.400. The Morgan fingerprint density at radius 3 is 2.33 bits per heavy atom. The molecule has 0 amide bonds. The minimum atomic E-state index is -2.45. The molecule has 0 unspecified atom stereocenters. The molecule has 1 rings (SSSR count). The van der Waals surface area contributed by atoms with Crippen molar-refractivity contribution in [3.05, 3.63) is 35.9 Å². The van der Waals surface area contributed by atoms with Crippen molar-refractivity contribution in [2.24, 2.45) is 0 Å². The van der Waals surface area contributed by atoms with Crippen LogP contribution >= 0.6 is 33.2 Å². The van der Waals surface area contributed by atoms with Crippen molar-refractivity contribution in [2.75, 3.05) is 6.61 Å². The maximum absolute atomic E-state index is 5.74. The van der Waals surface area contributed by atoms with Crippen LogP contribution in [0, 0.1) is 0 Å².